The van der Waals surface area contributed by atoms with Crippen molar-refractivity contribution >= 4 is 11.6 Å². The zero-order valence-electron chi connectivity index (χ0n) is 16.3. The van der Waals surface area contributed by atoms with Crippen molar-refractivity contribution in [2.75, 3.05) is 12.4 Å². The van der Waals surface area contributed by atoms with Crippen LogP contribution in [0.15, 0.2) is 48.5 Å². The highest BCUT2D eigenvalue weighted by Gasteiger charge is 2.25. The van der Waals surface area contributed by atoms with Gasteiger partial charge in [0.2, 0.25) is 0 Å². The van der Waals surface area contributed by atoms with Gasteiger partial charge in [-0.3, -0.25) is 4.79 Å². The molecule has 3 aromatic rings. The number of nitrogens with zero attached hydrogens (tertiary/aromatic N) is 3. The Labute approximate surface area is 169 Å². The summed E-state index contributed by atoms with van der Waals surface area (Å²) in [6.07, 6.45) is 4.06. The highest BCUT2D eigenvalue weighted by molar-refractivity contribution is 6.05. The molecular weight excluding hydrogens is 364 g/mol. The third-order valence-electron chi connectivity index (χ3n) is 5.19. The fraction of sp³-hybridized carbons (Fsp3) is 0.261. The van der Waals surface area contributed by atoms with Gasteiger partial charge >= 0.3 is 0 Å². The van der Waals surface area contributed by atoms with Crippen LogP contribution in [0.1, 0.15) is 41.0 Å². The van der Waals surface area contributed by atoms with Gasteiger partial charge in [-0.05, 0) is 37.5 Å². The van der Waals surface area contributed by atoms with E-state index in [0.29, 0.717) is 22.7 Å². The molecule has 0 atom stereocenters. The van der Waals surface area contributed by atoms with Crippen LogP contribution in [0.25, 0.3) is 11.4 Å². The minimum absolute atomic E-state index is 0.286. The van der Waals surface area contributed by atoms with Gasteiger partial charge in [0.1, 0.15) is 17.3 Å². The molecule has 0 radical (unpaired) electrons. The second-order valence-corrected chi connectivity index (χ2v) is 7.04. The number of carbonyl (C=O) groups is 1. The van der Waals surface area contributed by atoms with E-state index in [1.165, 1.54) is 7.11 Å². The Balaban J connectivity index is 1.75. The third-order valence-corrected chi connectivity index (χ3v) is 5.19. The van der Waals surface area contributed by atoms with Crippen LogP contribution in [0, 0.1) is 11.3 Å². The molecule has 1 amide bonds. The van der Waals surface area contributed by atoms with Gasteiger partial charge in [0, 0.05) is 12.1 Å². The Morgan fingerprint density at radius 2 is 2.00 bits per heavy atom. The van der Waals surface area contributed by atoms with Crippen molar-refractivity contribution in [2.24, 2.45) is 0 Å². The SMILES string of the molecule is COc1ccc(C#N)cc1NC(=O)c1nc(-c2ccccc2)n2c1CCCCC2. The largest absolute Gasteiger partial charge is 0.495 e. The van der Waals surface area contributed by atoms with Crippen molar-refractivity contribution in [3.63, 3.8) is 0 Å². The number of ether oxygens (including phenoxy) is 1. The maximum Gasteiger partial charge on any atom is 0.276 e. The number of carbonyl (C=O) groups excluding carboxylic acids is 1. The maximum atomic E-state index is 13.2. The third kappa shape index (κ3) is 3.72. The molecule has 6 heteroatoms. The van der Waals surface area contributed by atoms with Crippen molar-refractivity contribution < 1.29 is 9.53 Å². The molecular formula is C23H22N4O2. The number of imidazole rings is 1. The summed E-state index contributed by atoms with van der Waals surface area (Å²) in [5.41, 5.74) is 3.33. The number of hydrogen-bond acceptors (Lipinski definition) is 4. The lowest BCUT2D eigenvalue weighted by molar-refractivity contribution is 0.102. The first-order valence-corrected chi connectivity index (χ1v) is 9.75. The van der Waals surface area contributed by atoms with Crippen LogP contribution < -0.4 is 10.1 Å². The van der Waals surface area contributed by atoms with Crippen molar-refractivity contribution in [1.29, 1.82) is 5.26 Å². The van der Waals surface area contributed by atoms with Gasteiger partial charge in [-0.1, -0.05) is 36.8 Å². The fourth-order valence-corrected chi connectivity index (χ4v) is 3.77. The number of amides is 1. The van der Waals surface area contributed by atoms with Gasteiger partial charge in [-0.15, -0.1) is 0 Å². The van der Waals surface area contributed by atoms with E-state index in [1.54, 1.807) is 18.2 Å². The molecule has 0 bridgehead atoms. The number of methoxy groups -OCH3 is 1. The van der Waals surface area contributed by atoms with Gasteiger partial charge in [-0.2, -0.15) is 5.26 Å². The fourth-order valence-electron chi connectivity index (χ4n) is 3.77. The first-order chi connectivity index (χ1) is 14.2. The molecule has 0 saturated heterocycles. The molecule has 4 rings (SSSR count). The topological polar surface area (TPSA) is 79.9 Å². The molecule has 1 N–H and O–H groups in total. The Kier molecular flexibility index (Phi) is 5.30. The van der Waals surface area contributed by atoms with E-state index in [-0.39, 0.29) is 5.91 Å². The standard InChI is InChI=1S/C23H22N4O2/c1-29-20-12-11-16(15-24)14-18(20)25-23(28)21-19-10-6-3-7-13-27(19)22(26-21)17-8-4-2-5-9-17/h2,4-5,8-9,11-12,14H,3,6-7,10,13H2,1H3,(H,25,28). The van der Waals surface area contributed by atoms with Crippen LogP contribution in [0.2, 0.25) is 0 Å². The first kappa shape index (κ1) is 18.8. The van der Waals surface area contributed by atoms with E-state index in [9.17, 15) is 10.1 Å². The molecule has 1 aromatic heterocycles. The van der Waals surface area contributed by atoms with Crippen LogP contribution in [-0.2, 0) is 13.0 Å². The van der Waals surface area contributed by atoms with Gasteiger partial charge in [-0.25, -0.2) is 4.98 Å². The molecule has 0 saturated carbocycles. The van der Waals surface area contributed by atoms with Crippen molar-refractivity contribution in [2.45, 2.75) is 32.2 Å². The number of nitrogens with one attached hydrogen (secondary N) is 1. The molecule has 0 aliphatic carbocycles. The number of nitriles is 1. The average Bonchev–Trinajstić information content (AvgIpc) is 2.95. The molecule has 1 aliphatic rings. The lowest BCUT2D eigenvalue weighted by Gasteiger charge is -2.11. The lowest BCUT2D eigenvalue weighted by atomic mass is 10.1. The zero-order valence-corrected chi connectivity index (χ0v) is 16.3. The molecule has 0 spiro atoms. The summed E-state index contributed by atoms with van der Waals surface area (Å²) in [4.78, 5) is 17.9. The van der Waals surface area contributed by atoms with Gasteiger partial charge in [0.25, 0.3) is 5.91 Å². The maximum absolute atomic E-state index is 13.2. The molecule has 0 unspecified atom stereocenters. The van der Waals surface area contributed by atoms with Gasteiger partial charge in [0.05, 0.1) is 30.1 Å². The highest BCUT2D eigenvalue weighted by atomic mass is 16.5. The molecule has 146 valence electrons. The molecule has 6 nitrogen and oxygen atoms in total. The zero-order chi connectivity index (χ0) is 20.2. The normalized spacial score (nSPS) is 13.1. The smallest absolute Gasteiger partial charge is 0.276 e. The van der Waals surface area contributed by atoms with Crippen molar-refractivity contribution in [3.05, 3.63) is 65.5 Å². The summed E-state index contributed by atoms with van der Waals surface area (Å²) >= 11 is 0. The Bertz CT molecular complexity index is 1080. The first-order valence-electron chi connectivity index (χ1n) is 9.75. The van der Waals surface area contributed by atoms with Crippen LogP contribution in [0.5, 0.6) is 5.75 Å². The minimum atomic E-state index is -0.286. The second kappa shape index (κ2) is 8.19. The van der Waals surface area contributed by atoms with E-state index >= 15 is 0 Å². The number of aromatic nitrogens is 2. The van der Waals surface area contributed by atoms with Crippen molar-refractivity contribution in [3.8, 4) is 23.2 Å². The predicted octanol–water partition coefficient (Wildman–Crippen LogP) is 4.41. The average molecular weight is 386 g/mol. The van der Waals surface area contributed by atoms with E-state index in [0.717, 1.165) is 49.3 Å². The Hall–Kier alpha value is -3.59. The number of rotatable bonds is 4. The molecule has 2 heterocycles. The predicted molar refractivity (Wildman–Crippen MR) is 111 cm³/mol. The number of anilines is 1. The summed E-state index contributed by atoms with van der Waals surface area (Å²) in [5.74, 6) is 1.04. The molecule has 0 fully saturated rings. The van der Waals surface area contributed by atoms with Gasteiger partial charge < -0.3 is 14.6 Å². The molecule has 29 heavy (non-hydrogen) atoms. The summed E-state index contributed by atoms with van der Waals surface area (Å²) < 4.78 is 7.52. The summed E-state index contributed by atoms with van der Waals surface area (Å²) in [6, 6.07) is 17.0. The summed E-state index contributed by atoms with van der Waals surface area (Å²) in [5, 5.41) is 12.1. The van der Waals surface area contributed by atoms with E-state index < -0.39 is 0 Å². The number of benzene rings is 2. The van der Waals surface area contributed by atoms with E-state index in [2.05, 4.69) is 16.0 Å². The molecule has 2 aromatic carbocycles. The second-order valence-electron chi connectivity index (χ2n) is 7.04. The lowest BCUT2D eigenvalue weighted by Crippen LogP contribution is -2.16. The quantitative estimate of drug-likeness (QED) is 0.720. The number of fused-ring (bicyclic) bond motifs is 1. The minimum Gasteiger partial charge on any atom is -0.495 e. The van der Waals surface area contributed by atoms with Crippen LogP contribution in [0.4, 0.5) is 5.69 Å². The van der Waals surface area contributed by atoms with E-state index in [4.69, 9.17) is 9.72 Å². The monoisotopic (exact) mass is 386 g/mol. The molecule has 1 aliphatic heterocycles. The van der Waals surface area contributed by atoms with Crippen LogP contribution in [-0.4, -0.2) is 22.6 Å². The van der Waals surface area contributed by atoms with Crippen LogP contribution >= 0.6 is 0 Å². The number of hydrogen-bond donors (Lipinski definition) is 1. The van der Waals surface area contributed by atoms with Crippen LogP contribution in [0.3, 0.4) is 0 Å². The summed E-state index contributed by atoms with van der Waals surface area (Å²) in [6.45, 7) is 0.854. The van der Waals surface area contributed by atoms with E-state index in [1.807, 2.05) is 30.3 Å². The highest BCUT2D eigenvalue weighted by Crippen LogP contribution is 2.29. The summed E-state index contributed by atoms with van der Waals surface area (Å²) in [7, 11) is 1.53. The van der Waals surface area contributed by atoms with Gasteiger partial charge in [0.15, 0.2) is 0 Å². The van der Waals surface area contributed by atoms with Crippen molar-refractivity contribution in [1.82, 2.24) is 9.55 Å². The Morgan fingerprint density at radius 3 is 2.76 bits per heavy atom. The Morgan fingerprint density at radius 1 is 1.17 bits per heavy atom.